The van der Waals surface area contributed by atoms with E-state index in [-0.39, 0.29) is 29.6 Å². The predicted molar refractivity (Wildman–Crippen MR) is 116 cm³/mol. The average Bonchev–Trinajstić information content (AvgIpc) is 2.74. The lowest BCUT2D eigenvalue weighted by Crippen LogP contribution is -2.52. The molecule has 1 heterocycles. The fourth-order valence-corrected chi connectivity index (χ4v) is 4.46. The van der Waals surface area contributed by atoms with Gasteiger partial charge in [0.1, 0.15) is 5.75 Å². The van der Waals surface area contributed by atoms with E-state index < -0.39 is 0 Å². The van der Waals surface area contributed by atoms with E-state index in [0.717, 1.165) is 24.2 Å². The number of amides is 2. The predicted octanol–water partition coefficient (Wildman–Crippen LogP) is 2.63. The highest BCUT2D eigenvalue weighted by Crippen LogP contribution is 2.38. The van der Waals surface area contributed by atoms with Crippen LogP contribution in [0.2, 0.25) is 0 Å². The fourth-order valence-electron chi connectivity index (χ4n) is 4.46. The molecule has 1 saturated heterocycles. The minimum Gasteiger partial charge on any atom is -0.497 e. The Morgan fingerprint density at radius 2 is 1.66 bits per heavy atom. The van der Waals surface area contributed by atoms with Crippen molar-refractivity contribution in [3.05, 3.63) is 29.8 Å². The lowest BCUT2D eigenvalue weighted by molar-refractivity contribution is -0.141. The second kappa shape index (κ2) is 10.8. The van der Waals surface area contributed by atoms with Crippen LogP contribution < -0.4 is 10.5 Å². The molecule has 0 unspecified atom stereocenters. The topological polar surface area (TPSA) is 75.9 Å². The van der Waals surface area contributed by atoms with E-state index in [1.54, 1.807) is 7.11 Å². The summed E-state index contributed by atoms with van der Waals surface area (Å²) in [6.45, 7) is 3.03. The molecule has 0 radical (unpaired) electrons. The number of piperazine rings is 1. The first-order chi connectivity index (χ1) is 13.5. The first kappa shape index (κ1) is 23.5. The van der Waals surface area contributed by atoms with Crippen molar-refractivity contribution >= 4 is 24.2 Å². The maximum Gasteiger partial charge on any atom is 0.227 e. The van der Waals surface area contributed by atoms with E-state index >= 15 is 0 Å². The summed E-state index contributed by atoms with van der Waals surface area (Å²) in [5.74, 6) is 1.07. The van der Waals surface area contributed by atoms with E-state index in [1.165, 1.54) is 19.3 Å². The first-order valence-electron chi connectivity index (χ1n) is 10.4. The summed E-state index contributed by atoms with van der Waals surface area (Å²) >= 11 is 0. The molecule has 162 valence electrons. The Balaban J connectivity index is 0.00000300. The normalized spacial score (nSPS) is 18.7. The largest absolute Gasteiger partial charge is 0.497 e. The average molecular weight is 424 g/mol. The smallest absolute Gasteiger partial charge is 0.227 e. The Bertz CT molecular complexity index is 684. The highest BCUT2D eigenvalue weighted by Gasteiger charge is 2.35. The van der Waals surface area contributed by atoms with Crippen LogP contribution in [0.4, 0.5) is 0 Å². The van der Waals surface area contributed by atoms with Crippen molar-refractivity contribution < 1.29 is 14.3 Å². The first-order valence-corrected chi connectivity index (χ1v) is 10.4. The van der Waals surface area contributed by atoms with Crippen LogP contribution in [0.5, 0.6) is 5.75 Å². The molecule has 29 heavy (non-hydrogen) atoms. The van der Waals surface area contributed by atoms with Gasteiger partial charge in [-0.2, -0.15) is 0 Å². The third kappa shape index (κ3) is 6.09. The van der Waals surface area contributed by atoms with Gasteiger partial charge in [0.25, 0.3) is 0 Å². The number of halogens is 1. The minimum absolute atomic E-state index is 0. The van der Waals surface area contributed by atoms with Crippen LogP contribution >= 0.6 is 12.4 Å². The van der Waals surface area contributed by atoms with Gasteiger partial charge >= 0.3 is 0 Å². The molecular formula is C22H34ClN3O3. The van der Waals surface area contributed by atoms with Gasteiger partial charge in [-0.25, -0.2) is 0 Å². The van der Waals surface area contributed by atoms with Crippen molar-refractivity contribution in [2.24, 2.45) is 11.1 Å². The van der Waals surface area contributed by atoms with Gasteiger partial charge in [0.2, 0.25) is 11.8 Å². The van der Waals surface area contributed by atoms with Gasteiger partial charge in [-0.05, 0) is 42.5 Å². The highest BCUT2D eigenvalue weighted by atomic mass is 35.5. The molecule has 2 aliphatic rings. The maximum atomic E-state index is 12.8. The molecule has 6 nitrogen and oxygen atoms in total. The molecule has 7 heteroatoms. The zero-order valence-corrected chi connectivity index (χ0v) is 18.2. The van der Waals surface area contributed by atoms with Gasteiger partial charge in [-0.15, -0.1) is 12.4 Å². The number of carbonyl (C=O) groups excluding carboxylic acids is 2. The molecule has 1 aliphatic carbocycles. The molecule has 1 aromatic rings. The molecule has 2 amide bonds. The van der Waals surface area contributed by atoms with Crippen molar-refractivity contribution in [2.75, 3.05) is 39.8 Å². The van der Waals surface area contributed by atoms with Gasteiger partial charge in [0.05, 0.1) is 13.5 Å². The summed E-state index contributed by atoms with van der Waals surface area (Å²) in [5.41, 5.74) is 6.98. The number of methoxy groups -OCH3 is 1. The van der Waals surface area contributed by atoms with Gasteiger partial charge in [0.15, 0.2) is 0 Å². The maximum absolute atomic E-state index is 12.8. The second-order valence-electron chi connectivity index (χ2n) is 8.23. The Kier molecular flexibility index (Phi) is 8.78. The van der Waals surface area contributed by atoms with Crippen LogP contribution in [0, 0.1) is 5.41 Å². The van der Waals surface area contributed by atoms with E-state index in [0.29, 0.717) is 45.6 Å². The fraction of sp³-hybridized carbons (Fsp3) is 0.636. The Labute approximate surface area is 180 Å². The Morgan fingerprint density at radius 1 is 1.03 bits per heavy atom. The highest BCUT2D eigenvalue weighted by molar-refractivity contribution is 5.85. The molecule has 0 atom stereocenters. The van der Waals surface area contributed by atoms with Gasteiger partial charge in [0, 0.05) is 32.6 Å². The molecule has 1 aliphatic heterocycles. The number of hydrogen-bond acceptors (Lipinski definition) is 4. The van der Waals surface area contributed by atoms with Gasteiger partial charge in [-0.3, -0.25) is 9.59 Å². The van der Waals surface area contributed by atoms with Crippen LogP contribution in [-0.2, 0) is 16.0 Å². The second-order valence-corrected chi connectivity index (χ2v) is 8.23. The SMILES string of the molecule is COc1cccc(CC(=O)N2CCN(C(=O)CC3(CN)CCCCC3)CC2)c1.Cl. The zero-order chi connectivity index (χ0) is 20.0. The zero-order valence-electron chi connectivity index (χ0n) is 17.4. The lowest BCUT2D eigenvalue weighted by atomic mass is 9.71. The summed E-state index contributed by atoms with van der Waals surface area (Å²) in [4.78, 5) is 29.2. The summed E-state index contributed by atoms with van der Waals surface area (Å²) in [6.07, 6.45) is 6.66. The lowest BCUT2D eigenvalue weighted by Gasteiger charge is -2.39. The Morgan fingerprint density at radius 3 is 2.24 bits per heavy atom. The molecule has 1 saturated carbocycles. The minimum atomic E-state index is -0.00531. The summed E-state index contributed by atoms with van der Waals surface area (Å²) in [7, 11) is 1.62. The van der Waals surface area contributed by atoms with Crippen molar-refractivity contribution in [1.29, 1.82) is 0 Å². The molecule has 2 fully saturated rings. The number of hydrogen-bond donors (Lipinski definition) is 1. The molecule has 3 rings (SSSR count). The molecule has 0 spiro atoms. The number of benzene rings is 1. The summed E-state index contributed by atoms with van der Waals surface area (Å²) < 4.78 is 5.22. The van der Waals surface area contributed by atoms with Crippen LogP contribution in [-0.4, -0.2) is 61.4 Å². The number of rotatable bonds is 6. The number of ether oxygens (including phenoxy) is 1. The van der Waals surface area contributed by atoms with Crippen LogP contribution in [0.3, 0.4) is 0 Å². The molecule has 1 aromatic carbocycles. The van der Waals surface area contributed by atoms with Gasteiger partial charge < -0.3 is 20.3 Å². The van der Waals surface area contributed by atoms with Crippen LogP contribution in [0.25, 0.3) is 0 Å². The van der Waals surface area contributed by atoms with Gasteiger partial charge in [-0.1, -0.05) is 31.4 Å². The molecular weight excluding hydrogens is 390 g/mol. The van der Waals surface area contributed by atoms with Crippen molar-refractivity contribution in [2.45, 2.75) is 44.9 Å². The summed E-state index contributed by atoms with van der Waals surface area (Å²) in [6, 6.07) is 7.61. The third-order valence-corrected chi connectivity index (χ3v) is 6.35. The van der Waals surface area contributed by atoms with Crippen molar-refractivity contribution in [1.82, 2.24) is 9.80 Å². The van der Waals surface area contributed by atoms with Crippen LogP contribution in [0.1, 0.15) is 44.1 Å². The number of nitrogens with zero attached hydrogens (tertiary/aromatic N) is 2. The van der Waals surface area contributed by atoms with E-state index in [1.807, 2.05) is 34.1 Å². The number of carbonyl (C=O) groups is 2. The quantitative estimate of drug-likeness (QED) is 0.763. The standard InChI is InChI=1S/C22H33N3O3.ClH/c1-28-19-7-5-6-18(14-19)15-20(26)24-10-12-25(13-11-24)21(27)16-22(17-23)8-3-2-4-9-22;/h5-7,14H,2-4,8-13,15-17,23H2,1H3;1H. The molecule has 0 bridgehead atoms. The molecule has 0 aromatic heterocycles. The van der Waals surface area contributed by atoms with E-state index in [4.69, 9.17) is 10.5 Å². The van der Waals surface area contributed by atoms with E-state index in [9.17, 15) is 9.59 Å². The van der Waals surface area contributed by atoms with E-state index in [2.05, 4.69) is 0 Å². The monoisotopic (exact) mass is 423 g/mol. The summed E-state index contributed by atoms with van der Waals surface area (Å²) in [5, 5.41) is 0. The Hall–Kier alpha value is -1.79. The molecule has 2 N–H and O–H groups in total. The van der Waals surface area contributed by atoms with Crippen LogP contribution in [0.15, 0.2) is 24.3 Å². The van der Waals surface area contributed by atoms with Crippen molar-refractivity contribution in [3.63, 3.8) is 0 Å². The third-order valence-electron chi connectivity index (χ3n) is 6.35. The van der Waals surface area contributed by atoms with Crippen molar-refractivity contribution in [3.8, 4) is 5.75 Å². The number of nitrogens with two attached hydrogens (primary N) is 1.